The number of ketones is 1. The number of hydrogen-bond donors (Lipinski definition) is 1. The summed E-state index contributed by atoms with van der Waals surface area (Å²) in [6, 6.07) is 14.5. The average molecular weight is 417 g/mol. The van der Waals surface area contributed by atoms with E-state index in [4.69, 9.17) is 0 Å². The molecule has 1 aliphatic rings. The molecule has 3 aromatic rings. The number of rotatable bonds is 7. The molecule has 31 heavy (non-hydrogen) atoms. The van der Waals surface area contributed by atoms with Gasteiger partial charge >= 0.3 is 0 Å². The molecule has 0 atom stereocenters. The first-order chi connectivity index (χ1) is 15.1. The number of anilines is 3. The summed E-state index contributed by atoms with van der Waals surface area (Å²) in [5, 5.41) is 3.19. The number of nitrogens with zero attached hydrogens (tertiary/aromatic N) is 3. The molecular formula is C25H25FN4O. The minimum atomic E-state index is -0.215. The smallest absolute Gasteiger partial charge is 0.227 e. The summed E-state index contributed by atoms with van der Waals surface area (Å²) >= 11 is 0. The van der Waals surface area contributed by atoms with Gasteiger partial charge in [0.05, 0.1) is 11.4 Å². The maximum Gasteiger partial charge on any atom is 0.227 e. The highest BCUT2D eigenvalue weighted by Gasteiger charge is 2.15. The third-order valence-corrected chi connectivity index (χ3v) is 5.38. The Kier molecular flexibility index (Phi) is 6.36. The van der Waals surface area contributed by atoms with Crippen LogP contribution in [0.2, 0.25) is 0 Å². The standard InChI is InChI=1S/C25H25FN4O/c1-2-21(31)16-18-7-6-8-19(15-18)23-11-12-27-25(29-23)28-20-9-10-22(26)24(17-20)30-13-4-3-5-14-30/h2,6-12,15,17H,1,3-5,13-14,16H2,(H,27,28,29). The van der Waals surface area contributed by atoms with Crippen molar-refractivity contribution in [2.24, 2.45) is 0 Å². The van der Waals surface area contributed by atoms with Gasteiger partial charge in [-0.15, -0.1) is 0 Å². The number of benzene rings is 2. The van der Waals surface area contributed by atoms with Crippen molar-refractivity contribution in [3.05, 3.63) is 78.8 Å². The molecule has 1 aromatic heterocycles. The Balaban J connectivity index is 1.55. The van der Waals surface area contributed by atoms with Gasteiger partial charge in [0.25, 0.3) is 0 Å². The van der Waals surface area contributed by atoms with Gasteiger partial charge in [-0.25, -0.2) is 14.4 Å². The summed E-state index contributed by atoms with van der Waals surface area (Å²) < 4.78 is 14.4. The topological polar surface area (TPSA) is 58.1 Å². The van der Waals surface area contributed by atoms with Crippen molar-refractivity contribution < 1.29 is 9.18 Å². The molecule has 0 spiro atoms. The zero-order valence-corrected chi connectivity index (χ0v) is 17.4. The second-order valence-corrected chi connectivity index (χ2v) is 7.65. The van der Waals surface area contributed by atoms with E-state index < -0.39 is 0 Å². The number of hydrogen-bond acceptors (Lipinski definition) is 5. The third kappa shape index (κ3) is 5.15. The molecule has 0 unspecified atom stereocenters. The van der Waals surface area contributed by atoms with E-state index in [1.165, 1.54) is 18.6 Å². The number of halogens is 1. The Morgan fingerprint density at radius 3 is 2.77 bits per heavy atom. The molecule has 0 saturated carbocycles. The molecule has 2 heterocycles. The first kappa shape index (κ1) is 20.7. The van der Waals surface area contributed by atoms with E-state index in [2.05, 4.69) is 26.8 Å². The summed E-state index contributed by atoms with van der Waals surface area (Å²) in [6.07, 6.45) is 6.68. The van der Waals surface area contributed by atoms with Crippen molar-refractivity contribution in [2.75, 3.05) is 23.3 Å². The molecule has 0 bridgehead atoms. The van der Waals surface area contributed by atoms with Crippen LogP contribution in [0.25, 0.3) is 11.3 Å². The van der Waals surface area contributed by atoms with E-state index in [1.54, 1.807) is 12.3 Å². The lowest BCUT2D eigenvalue weighted by Gasteiger charge is -2.29. The van der Waals surface area contributed by atoms with Gasteiger partial charge in [-0.2, -0.15) is 0 Å². The molecule has 6 heteroatoms. The van der Waals surface area contributed by atoms with Gasteiger partial charge in [0, 0.05) is 37.0 Å². The molecule has 0 radical (unpaired) electrons. The summed E-state index contributed by atoms with van der Waals surface area (Å²) in [6.45, 7) is 5.27. The number of piperidine rings is 1. The van der Waals surface area contributed by atoms with E-state index in [0.29, 0.717) is 18.1 Å². The third-order valence-electron chi connectivity index (χ3n) is 5.38. The second-order valence-electron chi connectivity index (χ2n) is 7.65. The summed E-state index contributed by atoms with van der Waals surface area (Å²) in [4.78, 5) is 22.7. The summed E-state index contributed by atoms with van der Waals surface area (Å²) in [5.41, 5.74) is 3.89. The maximum atomic E-state index is 14.4. The van der Waals surface area contributed by atoms with Crippen molar-refractivity contribution in [1.82, 2.24) is 9.97 Å². The predicted octanol–water partition coefficient (Wildman–Crippen LogP) is 5.31. The van der Waals surface area contributed by atoms with E-state index in [0.717, 1.165) is 48.4 Å². The van der Waals surface area contributed by atoms with E-state index in [9.17, 15) is 9.18 Å². The first-order valence-corrected chi connectivity index (χ1v) is 10.5. The Morgan fingerprint density at radius 1 is 1.13 bits per heavy atom. The average Bonchev–Trinajstić information content (AvgIpc) is 2.81. The van der Waals surface area contributed by atoms with Crippen LogP contribution < -0.4 is 10.2 Å². The lowest BCUT2D eigenvalue weighted by molar-refractivity contribution is -0.114. The second kappa shape index (κ2) is 9.51. The molecule has 1 fully saturated rings. The van der Waals surface area contributed by atoms with Crippen molar-refractivity contribution >= 4 is 23.1 Å². The lowest BCUT2D eigenvalue weighted by atomic mass is 10.0. The van der Waals surface area contributed by atoms with Gasteiger partial charge in [0.2, 0.25) is 5.95 Å². The van der Waals surface area contributed by atoms with Crippen LogP contribution in [0.1, 0.15) is 24.8 Å². The van der Waals surface area contributed by atoms with E-state index in [1.807, 2.05) is 36.4 Å². The Morgan fingerprint density at radius 2 is 1.97 bits per heavy atom. The zero-order chi connectivity index (χ0) is 21.6. The first-order valence-electron chi connectivity index (χ1n) is 10.5. The van der Waals surface area contributed by atoms with Gasteiger partial charge < -0.3 is 10.2 Å². The molecule has 2 aromatic carbocycles. The largest absolute Gasteiger partial charge is 0.369 e. The molecule has 0 aliphatic carbocycles. The zero-order valence-electron chi connectivity index (χ0n) is 17.4. The molecule has 4 rings (SSSR count). The van der Waals surface area contributed by atoms with E-state index >= 15 is 0 Å². The molecular weight excluding hydrogens is 391 g/mol. The lowest BCUT2D eigenvalue weighted by Crippen LogP contribution is -2.30. The monoisotopic (exact) mass is 416 g/mol. The van der Waals surface area contributed by atoms with Crippen molar-refractivity contribution in [3.8, 4) is 11.3 Å². The fraction of sp³-hybridized carbons (Fsp3) is 0.240. The van der Waals surface area contributed by atoms with Gasteiger partial charge in [-0.1, -0.05) is 24.8 Å². The predicted molar refractivity (Wildman–Crippen MR) is 122 cm³/mol. The fourth-order valence-corrected chi connectivity index (χ4v) is 3.79. The quantitative estimate of drug-likeness (QED) is 0.529. The summed E-state index contributed by atoms with van der Waals surface area (Å²) in [7, 11) is 0. The van der Waals surface area contributed by atoms with E-state index in [-0.39, 0.29) is 11.6 Å². The number of carbonyl (C=O) groups excluding carboxylic acids is 1. The molecule has 158 valence electrons. The van der Waals surface area contributed by atoms with Crippen molar-refractivity contribution in [2.45, 2.75) is 25.7 Å². The number of carbonyl (C=O) groups is 1. The van der Waals surface area contributed by atoms with Crippen LogP contribution in [-0.2, 0) is 11.2 Å². The van der Waals surface area contributed by atoms with Crippen LogP contribution in [0.15, 0.2) is 67.4 Å². The van der Waals surface area contributed by atoms with Crippen LogP contribution in [0, 0.1) is 5.82 Å². The fourth-order valence-electron chi connectivity index (χ4n) is 3.79. The molecule has 5 nitrogen and oxygen atoms in total. The Labute approximate surface area is 181 Å². The number of allylic oxidation sites excluding steroid dienone is 1. The van der Waals surface area contributed by atoms with Crippen LogP contribution >= 0.6 is 0 Å². The highest BCUT2D eigenvalue weighted by atomic mass is 19.1. The van der Waals surface area contributed by atoms with Gasteiger partial charge in [0.15, 0.2) is 5.78 Å². The Bertz CT molecular complexity index is 1090. The minimum Gasteiger partial charge on any atom is -0.369 e. The van der Waals surface area contributed by atoms with Crippen LogP contribution in [-0.4, -0.2) is 28.8 Å². The van der Waals surface area contributed by atoms with Gasteiger partial charge in [-0.3, -0.25) is 4.79 Å². The summed E-state index contributed by atoms with van der Waals surface area (Å²) in [5.74, 6) is 0.192. The van der Waals surface area contributed by atoms with Gasteiger partial charge in [-0.05, 0) is 61.2 Å². The number of nitrogens with one attached hydrogen (secondary N) is 1. The van der Waals surface area contributed by atoms with Crippen LogP contribution in [0.5, 0.6) is 0 Å². The van der Waals surface area contributed by atoms with Crippen LogP contribution in [0.4, 0.5) is 21.7 Å². The normalized spacial score (nSPS) is 13.6. The van der Waals surface area contributed by atoms with Gasteiger partial charge in [0.1, 0.15) is 5.82 Å². The molecule has 1 N–H and O–H groups in total. The molecule has 1 saturated heterocycles. The SMILES string of the molecule is C=CC(=O)Cc1cccc(-c2ccnc(Nc3ccc(F)c(N4CCCCC4)c3)n2)c1. The van der Waals surface area contributed by atoms with Crippen LogP contribution in [0.3, 0.4) is 0 Å². The minimum absolute atomic E-state index is 0.0250. The molecule has 0 amide bonds. The van der Waals surface area contributed by atoms with Crippen molar-refractivity contribution in [3.63, 3.8) is 0 Å². The highest BCUT2D eigenvalue weighted by molar-refractivity contribution is 5.91. The number of aromatic nitrogens is 2. The van der Waals surface area contributed by atoms with Crippen molar-refractivity contribution in [1.29, 1.82) is 0 Å². The maximum absolute atomic E-state index is 14.4. The Hall–Kier alpha value is -3.54. The highest BCUT2D eigenvalue weighted by Crippen LogP contribution is 2.28. The molecule has 1 aliphatic heterocycles.